The topological polar surface area (TPSA) is 42.0 Å². The highest BCUT2D eigenvalue weighted by Crippen LogP contribution is 2.33. The van der Waals surface area contributed by atoms with E-state index in [9.17, 15) is 4.79 Å². The van der Waals surface area contributed by atoms with Crippen LogP contribution in [-0.4, -0.2) is 48.7 Å². The number of amides is 1. The summed E-state index contributed by atoms with van der Waals surface area (Å²) in [6.45, 7) is 4.37. The number of carbonyl (C=O) groups is 1. The van der Waals surface area contributed by atoms with Gasteiger partial charge in [0.05, 0.1) is 0 Å². The molecule has 5 heteroatoms. The minimum atomic E-state index is 0.125. The molecule has 0 spiro atoms. The lowest BCUT2D eigenvalue weighted by Gasteiger charge is -2.35. The average Bonchev–Trinajstić information content (AvgIpc) is 3.21. The molecular formula is C23H22N2O3. The van der Waals surface area contributed by atoms with E-state index in [0.717, 1.165) is 60.6 Å². The molecule has 0 aromatic heterocycles. The fourth-order valence-electron chi connectivity index (χ4n) is 3.99. The molecule has 2 aliphatic heterocycles. The molecule has 1 fully saturated rings. The van der Waals surface area contributed by atoms with Gasteiger partial charge >= 0.3 is 0 Å². The predicted octanol–water partition coefficient (Wildman–Crippen LogP) is 3.53. The molecule has 0 radical (unpaired) electrons. The van der Waals surface area contributed by atoms with Gasteiger partial charge in [-0.3, -0.25) is 9.69 Å². The molecule has 0 atom stereocenters. The Labute approximate surface area is 164 Å². The van der Waals surface area contributed by atoms with E-state index >= 15 is 0 Å². The Hall–Kier alpha value is -3.05. The van der Waals surface area contributed by atoms with Crippen molar-refractivity contribution in [3.63, 3.8) is 0 Å². The zero-order valence-electron chi connectivity index (χ0n) is 15.6. The number of piperazine rings is 1. The van der Waals surface area contributed by atoms with Gasteiger partial charge in [0, 0.05) is 38.3 Å². The molecule has 0 N–H and O–H groups in total. The van der Waals surface area contributed by atoms with Crippen LogP contribution < -0.4 is 9.47 Å². The molecular weight excluding hydrogens is 352 g/mol. The van der Waals surface area contributed by atoms with Crippen molar-refractivity contribution in [3.8, 4) is 11.5 Å². The number of ether oxygens (including phenoxy) is 2. The van der Waals surface area contributed by atoms with E-state index in [0.29, 0.717) is 6.79 Å². The SMILES string of the molecule is O=C(c1cccc2ccccc12)N1CCN(Cc2ccc3c(c2)OCO3)CC1. The van der Waals surface area contributed by atoms with Crippen LogP contribution >= 0.6 is 0 Å². The summed E-state index contributed by atoms with van der Waals surface area (Å²) in [7, 11) is 0. The van der Waals surface area contributed by atoms with Gasteiger partial charge in [0.2, 0.25) is 6.79 Å². The third-order valence-electron chi connectivity index (χ3n) is 5.52. The van der Waals surface area contributed by atoms with E-state index in [2.05, 4.69) is 29.2 Å². The van der Waals surface area contributed by atoms with Crippen LogP contribution in [0.5, 0.6) is 11.5 Å². The van der Waals surface area contributed by atoms with Crippen LogP contribution in [0.4, 0.5) is 0 Å². The van der Waals surface area contributed by atoms with Crippen molar-refractivity contribution in [1.82, 2.24) is 9.80 Å². The van der Waals surface area contributed by atoms with Crippen LogP contribution in [0.2, 0.25) is 0 Å². The van der Waals surface area contributed by atoms with Gasteiger partial charge in [0.15, 0.2) is 11.5 Å². The van der Waals surface area contributed by atoms with Gasteiger partial charge in [0.25, 0.3) is 5.91 Å². The Balaban J connectivity index is 1.25. The molecule has 3 aromatic carbocycles. The van der Waals surface area contributed by atoms with Crippen LogP contribution in [0.15, 0.2) is 60.7 Å². The molecule has 1 amide bonds. The summed E-state index contributed by atoms with van der Waals surface area (Å²) in [4.78, 5) is 17.4. The quantitative estimate of drug-likeness (QED) is 0.703. The average molecular weight is 374 g/mol. The fraction of sp³-hybridized carbons (Fsp3) is 0.261. The maximum absolute atomic E-state index is 13.1. The molecule has 0 saturated carbocycles. The lowest BCUT2D eigenvalue weighted by atomic mass is 10.0. The van der Waals surface area contributed by atoms with Crippen molar-refractivity contribution in [2.45, 2.75) is 6.54 Å². The van der Waals surface area contributed by atoms with Crippen LogP contribution in [-0.2, 0) is 6.54 Å². The van der Waals surface area contributed by atoms with Crippen molar-refractivity contribution in [2.24, 2.45) is 0 Å². The van der Waals surface area contributed by atoms with Gasteiger partial charge in [0.1, 0.15) is 0 Å². The zero-order chi connectivity index (χ0) is 18.9. The highest BCUT2D eigenvalue weighted by Gasteiger charge is 2.23. The Morgan fingerprint density at radius 3 is 2.54 bits per heavy atom. The highest BCUT2D eigenvalue weighted by atomic mass is 16.7. The van der Waals surface area contributed by atoms with Crippen LogP contribution in [0, 0.1) is 0 Å². The molecule has 2 heterocycles. The van der Waals surface area contributed by atoms with Gasteiger partial charge < -0.3 is 14.4 Å². The normalized spacial score (nSPS) is 16.5. The van der Waals surface area contributed by atoms with Crippen LogP contribution in [0.25, 0.3) is 10.8 Å². The molecule has 1 saturated heterocycles. The smallest absolute Gasteiger partial charge is 0.254 e. The van der Waals surface area contributed by atoms with Crippen molar-refractivity contribution < 1.29 is 14.3 Å². The third-order valence-corrected chi connectivity index (χ3v) is 5.52. The molecule has 0 bridgehead atoms. The van der Waals surface area contributed by atoms with Gasteiger partial charge in [-0.1, -0.05) is 42.5 Å². The Morgan fingerprint density at radius 1 is 0.857 bits per heavy atom. The number of benzene rings is 3. The van der Waals surface area contributed by atoms with Crippen LogP contribution in [0.3, 0.4) is 0 Å². The number of nitrogens with zero attached hydrogens (tertiary/aromatic N) is 2. The second kappa shape index (κ2) is 7.17. The summed E-state index contributed by atoms with van der Waals surface area (Å²) in [6, 6.07) is 20.1. The standard InChI is InChI=1S/C23H22N2O3/c26-23(20-7-3-5-18-4-1-2-6-19(18)20)25-12-10-24(11-13-25)15-17-8-9-21-22(14-17)28-16-27-21/h1-9,14H,10-13,15-16H2. The largest absolute Gasteiger partial charge is 0.454 e. The van der Waals surface area contributed by atoms with Crippen molar-refractivity contribution in [2.75, 3.05) is 33.0 Å². The molecule has 2 aliphatic rings. The Bertz CT molecular complexity index is 1020. The Kier molecular flexibility index (Phi) is 4.37. The molecule has 142 valence electrons. The van der Waals surface area contributed by atoms with Gasteiger partial charge in [-0.05, 0) is 34.5 Å². The summed E-state index contributed by atoms with van der Waals surface area (Å²) < 4.78 is 10.8. The summed E-state index contributed by atoms with van der Waals surface area (Å²) in [5.74, 6) is 1.76. The zero-order valence-corrected chi connectivity index (χ0v) is 15.6. The van der Waals surface area contributed by atoms with E-state index in [1.165, 1.54) is 5.56 Å². The van der Waals surface area contributed by atoms with Gasteiger partial charge in [-0.2, -0.15) is 0 Å². The summed E-state index contributed by atoms with van der Waals surface area (Å²) >= 11 is 0. The minimum Gasteiger partial charge on any atom is -0.454 e. The molecule has 28 heavy (non-hydrogen) atoms. The van der Waals surface area contributed by atoms with Crippen molar-refractivity contribution in [1.29, 1.82) is 0 Å². The first-order valence-electron chi connectivity index (χ1n) is 9.66. The molecule has 3 aromatic rings. The first-order valence-corrected chi connectivity index (χ1v) is 9.66. The number of carbonyl (C=O) groups excluding carboxylic acids is 1. The second-order valence-electron chi connectivity index (χ2n) is 7.28. The highest BCUT2D eigenvalue weighted by molar-refractivity contribution is 6.07. The van der Waals surface area contributed by atoms with Crippen molar-refractivity contribution >= 4 is 16.7 Å². The monoisotopic (exact) mass is 374 g/mol. The maximum atomic E-state index is 13.1. The van der Waals surface area contributed by atoms with E-state index < -0.39 is 0 Å². The number of rotatable bonds is 3. The van der Waals surface area contributed by atoms with Crippen molar-refractivity contribution in [3.05, 3.63) is 71.8 Å². The molecule has 0 aliphatic carbocycles. The lowest BCUT2D eigenvalue weighted by Crippen LogP contribution is -2.48. The first kappa shape index (κ1) is 17.1. The molecule has 5 nitrogen and oxygen atoms in total. The van der Waals surface area contributed by atoms with E-state index in [-0.39, 0.29) is 5.91 Å². The van der Waals surface area contributed by atoms with Gasteiger partial charge in [-0.15, -0.1) is 0 Å². The van der Waals surface area contributed by atoms with E-state index in [1.807, 2.05) is 41.3 Å². The molecule has 5 rings (SSSR count). The Morgan fingerprint density at radius 2 is 1.64 bits per heavy atom. The minimum absolute atomic E-state index is 0.125. The van der Waals surface area contributed by atoms with E-state index in [1.54, 1.807) is 0 Å². The van der Waals surface area contributed by atoms with Crippen LogP contribution in [0.1, 0.15) is 15.9 Å². The van der Waals surface area contributed by atoms with Gasteiger partial charge in [-0.25, -0.2) is 0 Å². The maximum Gasteiger partial charge on any atom is 0.254 e. The summed E-state index contributed by atoms with van der Waals surface area (Å²) in [5.41, 5.74) is 2.00. The predicted molar refractivity (Wildman–Crippen MR) is 108 cm³/mol. The summed E-state index contributed by atoms with van der Waals surface area (Å²) in [6.07, 6.45) is 0. The number of hydrogen-bond donors (Lipinski definition) is 0. The molecule has 0 unspecified atom stereocenters. The second-order valence-corrected chi connectivity index (χ2v) is 7.28. The van der Waals surface area contributed by atoms with E-state index in [4.69, 9.17) is 9.47 Å². The number of fused-ring (bicyclic) bond motifs is 2. The lowest BCUT2D eigenvalue weighted by molar-refractivity contribution is 0.0630. The number of hydrogen-bond acceptors (Lipinski definition) is 4. The fourth-order valence-corrected chi connectivity index (χ4v) is 3.99. The summed E-state index contributed by atoms with van der Waals surface area (Å²) in [5, 5.41) is 2.13. The first-order chi connectivity index (χ1) is 13.8. The third kappa shape index (κ3) is 3.18.